The van der Waals surface area contributed by atoms with E-state index in [1.165, 1.54) is 5.56 Å². The van der Waals surface area contributed by atoms with Crippen LogP contribution in [0.5, 0.6) is 5.75 Å². The predicted octanol–water partition coefficient (Wildman–Crippen LogP) is 5.78. The summed E-state index contributed by atoms with van der Waals surface area (Å²) in [4.78, 5) is 28.7. The van der Waals surface area contributed by atoms with Crippen LogP contribution in [0.2, 0.25) is 0 Å². The highest BCUT2D eigenvalue weighted by Gasteiger charge is 2.30. The molecule has 0 aliphatic carbocycles. The average molecular weight is 501 g/mol. The number of nitrogens with zero attached hydrogens (tertiary/aromatic N) is 1. The van der Waals surface area contributed by atoms with Crippen LogP contribution in [0, 0.1) is 5.92 Å². The zero-order chi connectivity index (χ0) is 26.8. The minimum Gasteiger partial charge on any atom is -0.484 e. The first kappa shape index (κ1) is 28.0. The highest BCUT2D eigenvalue weighted by Crippen LogP contribution is 2.24. The Morgan fingerprint density at radius 3 is 1.95 bits per heavy atom. The van der Waals surface area contributed by atoms with Crippen molar-refractivity contribution in [1.82, 2.24) is 10.2 Å². The molecule has 1 atom stereocenters. The number of carbonyl (C=O) groups is 2. The molecule has 196 valence electrons. The third-order valence-electron chi connectivity index (χ3n) is 6.23. The van der Waals surface area contributed by atoms with Gasteiger partial charge in [-0.3, -0.25) is 9.59 Å². The number of rotatable bonds is 11. The fourth-order valence-corrected chi connectivity index (χ4v) is 4.04. The van der Waals surface area contributed by atoms with E-state index in [-0.39, 0.29) is 23.8 Å². The molecule has 0 radical (unpaired) electrons. The summed E-state index contributed by atoms with van der Waals surface area (Å²) in [5.41, 5.74) is 3.19. The van der Waals surface area contributed by atoms with Crippen molar-refractivity contribution in [3.63, 3.8) is 0 Å². The quantitative estimate of drug-likeness (QED) is 0.363. The van der Waals surface area contributed by atoms with Crippen molar-refractivity contribution in [2.24, 2.45) is 5.92 Å². The monoisotopic (exact) mass is 500 g/mol. The second kappa shape index (κ2) is 13.1. The van der Waals surface area contributed by atoms with Gasteiger partial charge < -0.3 is 15.0 Å². The Hall–Kier alpha value is -3.60. The second-order valence-corrected chi connectivity index (χ2v) is 10.9. The lowest BCUT2D eigenvalue weighted by Crippen LogP contribution is -2.52. The molecular weight excluding hydrogens is 460 g/mol. The number of amides is 2. The topological polar surface area (TPSA) is 58.6 Å². The standard InChI is InChI=1S/C32H40N2O3/c1-24(2)21-33-31(36)29(20-25-12-8-6-9-13-25)34(22-26-14-10-7-11-15-26)30(35)23-37-28-18-16-27(17-19-28)32(3,4)5/h6-19,24,29H,20-23H2,1-5H3,(H,33,36). The molecule has 2 amide bonds. The first-order chi connectivity index (χ1) is 17.6. The number of hydrogen-bond donors (Lipinski definition) is 1. The van der Waals surface area contributed by atoms with Gasteiger partial charge in [-0.2, -0.15) is 0 Å². The van der Waals surface area contributed by atoms with Gasteiger partial charge >= 0.3 is 0 Å². The molecule has 0 spiro atoms. The molecule has 3 aromatic rings. The Kier molecular flexibility index (Phi) is 9.90. The Balaban J connectivity index is 1.85. The number of ether oxygens (including phenoxy) is 1. The van der Waals surface area contributed by atoms with Gasteiger partial charge in [0.05, 0.1) is 0 Å². The van der Waals surface area contributed by atoms with Crippen molar-refractivity contribution in [2.45, 2.75) is 59.0 Å². The van der Waals surface area contributed by atoms with E-state index in [0.29, 0.717) is 31.2 Å². The predicted molar refractivity (Wildman–Crippen MR) is 149 cm³/mol. The maximum absolute atomic E-state index is 13.6. The van der Waals surface area contributed by atoms with E-state index >= 15 is 0 Å². The second-order valence-electron chi connectivity index (χ2n) is 10.9. The van der Waals surface area contributed by atoms with Crippen molar-refractivity contribution < 1.29 is 14.3 Å². The van der Waals surface area contributed by atoms with E-state index in [2.05, 4.69) is 39.9 Å². The van der Waals surface area contributed by atoms with Gasteiger partial charge in [-0.15, -0.1) is 0 Å². The van der Waals surface area contributed by atoms with Crippen LogP contribution in [0.15, 0.2) is 84.9 Å². The first-order valence-corrected chi connectivity index (χ1v) is 13.0. The first-order valence-electron chi connectivity index (χ1n) is 13.0. The average Bonchev–Trinajstić information content (AvgIpc) is 2.88. The lowest BCUT2D eigenvalue weighted by molar-refractivity contribution is -0.142. The smallest absolute Gasteiger partial charge is 0.261 e. The van der Waals surface area contributed by atoms with Crippen molar-refractivity contribution in [1.29, 1.82) is 0 Å². The van der Waals surface area contributed by atoms with E-state index in [4.69, 9.17) is 4.74 Å². The van der Waals surface area contributed by atoms with Gasteiger partial charge in [0.15, 0.2) is 6.61 Å². The van der Waals surface area contributed by atoms with E-state index in [0.717, 1.165) is 11.1 Å². The number of nitrogens with one attached hydrogen (secondary N) is 1. The molecule has 0 saturated carbocycles. The van der Waals surface area contributed by atoms with Crippen molar-refractivity contribution in [2.75, 3.05) is 13.2 Å². The van der Waals surface area contributed by atoms with Gasteiger partial charge in [0.1, 0.15) is 11.8 Å². The summed E-state index contributed by atoms with van der Waals surface area (Å²) in [5.74, 6) is 0.546. The molecule has 3 rings (SSSR count). The molecule has 1 N–H and O–H groups in total. The summed E-state index contributed by atoms with van der Waals surface area (Å²) in [6.45, 7) is 11.3. The maximum atomic E-state index is 13.6. The summed E-state index contributed by atoms with van der Waals surface area (Å²) in [7, 11) is 0. The van der Waals surface area contributed by atoms with Gasteiger partial charge in [0.2, 0.25) is 5.91 Å². The lowest BCUT2D eigenvalue weighted by atomic mass is 9.87. The molecule has 1 unspecified atom stereocenters. The van der Waals surface area contributed by atoms with Crippen LogP contribution in [0.25, 0.3) is 0 Å². The Morgan fingerprint density at radius 2 is 1.41 bits per heavy atom. The molecule has 0 aliphatic rings. The van der Waals surface area contributed by atoms with Crippen LogP contribution >= 0.6 is 0 Å². The molecule has 5 heteroatoms. The minimum absolute atomic E-state index is 0.0365. The molecule has 0 aromatic heterocycles. The molecule has 0 aliphatic heterocycles. The van der Waals surface area contributed by atoms with Crippen LogP contribution in [-0.2, 0) is 28.0 Å². The van der Waals surface area contributed by atoms with Crippen molar-refractivity contribution >= 4 is 11.8 Å². The SMILES string of the molecule is CC(C)CNC(=O)C(Cc1ccccc1)N(Cc1ccccc1)C(=O)COc1ccc(C(C)(C)C)cc1. The zero-order valence-corrected chi connectivity index (χ0v) is 22.7. The number of benzene rings is 3. The largest absolute Gasteiger partial charge is 0.484 e. The summed E-state index contributed by atoms with van der Waals surface area (Å²) in [6, 6.07) is 26.8. The molecule has 5 nitrogen and oxygen atoms in total. The van der Waals surface area contributed by atoms with Gasteiger partial charge in [0.25, 0.3) is 5.91 Å². The minimum atomic E-state index is -0.666. The summed E-state index contributed by atoms with van der Waals surface area (Å²) >= 11 is 0. The van der Waals surface area contributed by atoms with Crippen LogP contribution in [0.4, 0.5) is 0 Å². The third-order valence-corrected chi connectivity index (χ3v) is 6.23. The zero-order valence-electron chi connectivity index (χ0n) is 22.7. The summed E-state index contributed by atoms with van der Waals surface area (Å²) in [5, 5.41) is 3.04. The maximum Gasteiger partial charge on any atom is 0.261 e. The highest BCUT2D eigenvalue weighted by atomic mass is 16.5. The Labute approximate surface area is 221 Å². The lowest BCUT2D eigenvalue weighted by Gasteiger charge is -2.31. The molecule has 0 bridgehead atoms. The molecule has 0 heterocycles. The molecule has 0 fully saturated rings. The van der Waals surface area contributed by atoms with Crippen LogP contribution < -0.4 is 10.1 Å². The Morgan fingerprint density at radius 1 is 0.838 bits per heavy atom. The van der Waals surface area contributed by atoms with Gasteiger partial charge in [-0.05, 0) is 40.2 Å². The summed E-state index contributed by atoms with van der Waals surface area (Å²) in [6.07, 6.45) is 0.420. The van der Waals surface area contributed by atoms with Crippen molar-refractivity contribution in [3.8, 4) is 5.75 Å². The summed E-state index contributed by atoms with van der Waals surface area (Å²) < 4.78 is 5.91. The third kappa shape index (κ3) is 8.78. The molecule has 37 heavy (non-hydrogen) atoms. The van der Waals surface area contributed by atoms with Crippen LogP contribution in [-0.4, -0.2) is 35.9 Å². The number of carbonyl (C=O) groups excluding carboxylic acids is 2. The van der Waals surface area contributed by atoms with E-state index < -0.39 is 6.04 Å². The van der Waals surface area contributed by atoms with Crippen molar-refractivity contribution in [3.05, 3.63) is 102 Å². The van der Waals surface area contributed by atoms with Crippen LogP contribution in [0.1, 0.15) is 51.3 Å². The van der Waals surface area contributed by atoms with E-state index in [1.807, 2.05) is 84.9 Å². The molecule has 0 saturated heterocycles. The molecule has 3 aromatic carbocycles. The highest BCUT2D eigenvalue weighted by molar-refractivity contribution is 5.88. The fraction of sp³-hybridized carbons (Fsp3) is 0.375. The van der Waals surface area contributed by atoms with Gasteiger partial charge in [-0.25, -0.2) is 0 Å². The fourth-order valence-electron chi connectivity index (χ4n) is 4.04. The van der Waals surface area contributed by atoms with Gasteiger partial charge in [-0.1, -0.05) is 107 Å². The number of hydrogen-bond acceptors (Lipinski definition) is 3. The van der Waals surface area contributed by atoms with E-state index in [9.17, 15) is 9.59 Å². The molecular formula is C32H40N2O3. The Bertz CT molecular complexity index is 1120. The van der Waals surface area contributed by atoms with Gasteiger partial charge in [0, 0.05) is 19.5 Å². The normalized spacial score (nSPS) is 12.2. The van der Waals surface area contributed by atoms with Crippen LogP contribution in [0.3, 0.4) is 0 Å². The van der Waals surface area contributed by atoms with E-state index in [1.54, 1.807) is 4.90 Å².